The summed E-state index contributed by atoms with van der Waals surface area (Å²) in [6.45, 7) is 7.79. The van der Waals surface area contributed by atoms with Crippen LogP contribution in [0.2, 0.25) is 0 Å². The minimum absolute atomic E-state index is 0.221. The third kappa shape index (κ3) is 4.18. The van der Waals surface area contributed by atoms with Gasteiger partial charge in [0, 0.05) is 37.2 Å². The van der Waals surface area contributed by atoms with Gasteiger partial charge in [-0.15, -0.1) is 0 Å². The molecule has 4 nitrogen and oxygen atoms in total. The summed E-state index contributed by atoms with van der Waals surface area (Å²) in [6.07, 6.45) is 4.44. The van der Waals surface area contributed by atoms with Crippen LogP contribution in [0.4, 0.5) is 0 Å². The molecule has 1 heterocycles. The summed E-state index contributed by atoms with van der Waals surface area (Å²) in [5.41, 5.74) is -0.314. The highest BCUT2D eigenvalue weighted by molar-refractivity contribution is 5.81. The number of nitrogens with zero attached hydrogens (tertiary/aromatic N) is 1. The molecule has 1 amide bonds. The van der Waals surface area contributed by atoms with Gasteiger partial charge in [0.05, 0.1) is 0 Å². The maximum Gasteiger partial charge on any atom is 0.228 e. The molecule has 4 heteroatoms. The van der Waals surface area contributed by atoms with Gasteiger partial charge in [-0.2, -0.15) is 0 Å². The minimum atomic E-state index is -0.314. The van der Waals surface area contributed by atoms with Crippen molar-refractivity contribution in [1.29, 1.82) is 0 Å². The predicted octanol–water partition coefficient (Wildman–Crippen LogP) is 1.38. The highest BCUT2D eigenvalue weighted by Crippen LogP contribution is 2.27. The molecule has 0 bridgehead atoms. The van der Waals surface area contributed by atoms with Crippen molar-refractivity contribution in [3.63, 3.8) is 0 Å². The second-order valence-corrected chi connectivity index (χ2v) is 7.21. The summed E-state index contributed by atoms with van der Waals surface area (Å²) in [7, 11) is 0. The minimum Gasteiger partial charge on any atom is -0.396 e. The molecule has 1 saturated heterocycles. The Morgan fingerprint density at radius 2 is 1.95 bits per heavy atom. The molecule has 0 aromatic heterocycles. The van der Waals surface area contributed by atoms with Crippen molar-refractivity contribution in [3.8, 4) is 0 Å². The Hall–Kier alpha value is -0.610. The molecular weight excluding hydrogens is 240 g/mol. The lowest BCUT2D eigenvalue weighted by atomic mass is 9.88. The summed E-state index contributed by atoms with van der Waals surface area (Å²) in [5, 5.41) is 12.8. The molecule has 1 aliphatic heterocycles. The smallest absolute Gasteiger partial charge is 0.228 e. The maximum atomic E-state index is 12.5. The van der Waals surface area contributed by atoms with Gasteiger partial charge in [0.1, 0.15) is 0 Å². The zero-order chi connectivity index (χ0) is 14.0. The molecule has 0 radical (unpaired) electrons. The Morgan fingerprint density at radius 1 is 1.26 bits per heavy atom. The molecule has 0 aromatic carbocycles. The predicted molar refractivity (Wildman–Crippen MR) is 75.8 cm³/mol. The van der Waals surface area contributed by atoms with E-state index >= 15 is 0 Å². The average molecular weight is 268 g/mol. The zero-order valence-corrected chi connectivity index (χ0v) is 12.5. The SMILES string of the molecule is CC(C)(C)C(=O)N1CC(CCO)CC(NC2CC2)C1. The Kier molecular flexibility index (Phi) is 4.51. The first-order chi connectivity index (χ1) is 8.90. The fourth-order valence-electron chi connectivity index (χ4n) is 2.94. The summed E-state index contributed by atoms with van der Waals surface area (Å²) in [6, 6.07) is 1.08. The Morgan fingerprint density at radius 3 is 2.47 bits per heavy atom. The molecule has 0 spiro atoms. The van der Waals surface area contributed by atoms with Crippen LogP contribution >= 0.6 is 0 Å². The summed E-state index contributed by atoms with van der Waals surface area (Å²) in [4.78, 5) is 14.5. The standard InChI is InChI=1S/C15H28N2O2/c1-15(2,3)14(19)17-9-11(6-7-18)8-13(10-17)16-12-4-5-12/h11-13,16,18H,4-10H2,1-3H3. The molecule has 1 aliphatic carbocycles. The van der Waals surface area contributed by atoms with E-state index in [-0.39, 0.29) is 17.9 Å². The molecular formula is C15H28N2O2. The first-order valence-electron chi connectivity index (χ1n) is 7.56. The fraction of sp³-hybridized carbons (Fsp3) is 0.933. The van der Waals surface area contributed by atoms with Crippen LogP contribution in [0.5, 0.6) is 0 Å². The van der Waals surface area contributed by atoms with E-state index in [1.807, 2.05) is 25.7 Å². The van der Waals surface area contributed by atoms with Gasteiger partial charge >= 0.3 is 0 Å². The van der Waals surface area contributed by atoms with Crippen LogP contribution in [0, 0.1) is 11.3 Å². The van der Waals surface area contributed by atoms with Crippen molar-refractivity contribution >= 4 is 5.91 Å². The molecule has 19 heavy (non-hydrogen) atoms. The zero-order valence-electron chi connectivity index (χ0n) is 12.5. The number of aliphatic hydroxyl groups is 1. The van der Waals surface area contributed by atoms with Crippen LogP contribution in [0.1, 0.15) is 46.5 Å². The van der Waals surface area contributed by atoms with Crippen molar-refractivity contribution in [2.24, 2.45) is 11.3 Å². The number of nitrogens with one attached hydrogen (secondary N) is 1. The van der Waals surface area contributed by atoms with E-state index in [0.717, 1.165) is 25.9 Å². The van der Waals surface area contributed by atoms with E-state index in [4.69, 9.17) is 5.11 Å². The van der Waals surface area contributed by atoms with Crippen molar-refractivity contribution in [2.75, 3.05) is 19.7 Å². The highest BCUT2D eigenvalue weighted by atomic mass is 16.3. The van der Waals surface area contributed by atoms with E-state index in [1.54, 1.807) is 0 Å². The molecule has 110 valence electrons. The number of rotatable bonds is 4. The molecule has 1 saturated carbocycles. The van der Waals surface area contributed by atoms with E-state index in [9.17, 15) is 4.79 Å². The normalized spacial score (nSPS) is 28.5. The second kappa shape index (κ2) is 5.80. The molecule has 2 fully saturated rings. The van der Waals surface area contributed by atoms with Gasteiger partial charge in [-0.05, 0) is 31.6 Å². The monoisotopic (exact) mass is 268 g/mol. The average Bonchev–Trinajstić information content (AvgIpc) is 3.11. The van der Waals surface area contributed by atoms with E-state index in [0.29, 0.717) is 18.0 Å². The van der Waals surface area contributed by atoms with E-state index in [1.165, 1.54) is 12.8 Å². The van der Waals surface area contributed by atoms with Gasteiger partial charge in [-0.3, -0.25) is 4.79 Å². The highest BCUT2D eigenvalue weighted by Gasteiger charge is 2.36. The van der Waals surface area contributed by atoms with Crippen molar-refractivity contribution in [2.45, 2.75) is 58.5 Å². The van der Waals surface area contributed by atoms with Crippen LogP contribution in [-0.2, 0) is 4.79 Å². The number of aliphatic hydroxyl groups excluding tert-OH is 1. The van der Waals surface area contributed by atoms with Crippen LogP contribution in [0.15, 0.2) is 0 Å². The lowest BCUT2D eigenvalue weighted by molar-refractivity contribution is -0.142. The van der Waals surface area contributed by atoms with E-state index < -0.39 is 0 Å². The quantitative estimate of drug-likeness (QED) is 0.810. The largest absolute Gasteiger partial charge is 0.396 e. The Balaban J connectivity index is 1.98. The molecule has 2 atom stereocenters. The number of carbonyl (C=O) groups is 1. The third-order valence-electron chi connectivity index (χ3n) is 4.05. The summed E-state index contributed by atoms with van der Waals surface area (Å²) in [5.74, 6) is 0.666. The van der Waals surface area contributed by atoms with Gasteiger partial charge in [-0.1, -0.05) is 20.8 Å². The number of amides is 1. The van der Waals surface area contributed by atoms with Crippen LogP contribution in [0.3, 0.4) is 0 Å². The number of hydrogen-bond donors (Lipinski definition) is 2. The molecule has 2 N–H and O–H groups in total. The molecule has 0 aromatic rings. The Bertz CT molecular complexity index is 321. The molecule has 2 unspecified atom stereocenters. The number of likely N-dealkylation sites (tertiary alicyclic amines) is 1. The lowest BCUT2D eigenvalue weighted by Gasteiger charge is -2.40. The first kappa shape index (κ1) is 14.8. The third-order valence-corrected chi connectivity index (χ3v) is 4.05. The van der Waals surface area contributed by atoms with Crippen LogP contribution in [0.25, 0.3) is 0 Å². The maximum absolute atomic E-state index is 12.5. The number of piperidine rings is 1. The molecule has 2 aliphatic rings. The van der Waals surface area contributed by atoms with Crippen LogP contribution in [-0.4, -0.2) is 47.7 Å². The summed E-state index contributed by atoms with van der Waals surface area (Å²) < 4.78 is 0. The van der Waals surface area contributed by atoms with Crippen molar-refractivity contribution < 1.29 is 9.90 Å². The van der Waals surface area contributed by atoms with Gasteiger partial charge < -0.3 is 15.3 Å². The first-order valence-corrected chi connectivity index (χ1v) is 7.56. The van der Waals surface area contributed by atoms with Crippen molar-refractivity contribution in [3.05, 3.63) is 0 Å². The van der Waals surface area contributed by atoms with Crippen LogP contribution < -0.4 is 5.32 Å². The second-order valence-electron chi connectivity index (χ2n) is 7.21. The van der Waals surface area contributed by atoms with Gasteiger partial charge in [-0.25, -0.2) is 0 Å². The fourth-order valence-corrected chi connectivity index (χ4v) is 2.94. The summed E-state index contributed by atoms with van der Waals surface area (Å²) >= 11 is 0. The topological polar surface area (TPSA) is 52.6 Å². The lowest BCUT2D eigenvalue weighted by Crippen LogP contribution is -2.54. The van der Waals surface area contributed by atoms with Gasteiger partial charge in [0.15, 0.2) is 0 Å². The van der Waals surface area contributed by atoms with Gasteiger partial charge in [0.2, 0.25) is 5.91 Å². The number of hydrogen-bond acceptors (Lipinski definition) is 3. The number of carbonyl (C=O) groups excluding carboxylic acids is 1. The Labute approximate surface area is 116 Å². The molecule has 2 rings (SSSR count). The van der Waals surface area contributed by atoms with E-state index in [2.05, 4.69) is 5.32 Å². The van der Waals surface area contributed by atoms with Crippen molar-refractivity contribution in [1.82, 2.24) is 10.2 Å². The van der Waals surface area contributed by atoms with Gasteiger partial charge in [0.25, 0.3) is 0 Å².